The Balaban J connectivity index is 1.97. The Morgan fingerprint density at radius 2 is 1.81 bits per heavy atom. The van der Waals surface area contributed by atoms with Gasteiger partial charge in [0.1, 0.15) is 19.0 Å². The fourth-order valence-corrected chi connectivity index (χ4v) is 2.56. The van der Waals surface area contributed by atoms with Crippen molar-refractivity contribution in [3.05, 3.63) is 59.4 Å². The monoisotopic (exact) mass is 287 g/mol. The van der Waals surface area contributed by atoms with Crippen LogP contribution in [0.25, 0.3) is 0 Å². The van der Waals surface area contributed by atoms with E-state index >= 15 is 0 Å². The van der Waals surface area contributed by atoms with Gasteiger partial charge >= 0.3 is 0 Å². The molecule has 21 heavy (non-hydrogen) atoms. The summed E-state index contributed by atoms with van der Waals surface area (Å²) in [6.45, 7) is 3.95. The van der Waals surface area contributed by atoms with Crippen LogP contribution in [-0.4, -0.2) is 19.8 Å². The number of hydrogen-bond donors (Lipinski definition) is 1. The highest BCUT2D eigenvalue weighted by atomic mass is 19.1. The van der Waals surface area contributed by atoms with E-state index in [1.165, 1.54) is 6.07 Å². The van der Waals surface area contributed by atoms with Gasteiger partial charge < -0.3 is 14.8 Å². The minimum atomic E-state index is -0.229. The van der Waals surface area contributed by atoms with Crippen LogP contribution in [0.5, 0.6) is 11.5 Å². The van der Waals surface area contributed by atoms with Crippen molar-refractivity contribution >= 4 is 0 Å². The molecular weight excluding hydrogens is 269 g/mol. The molecule has 3 rings (SSSR count). The highest BCUT2D eigenvalue weighted by Gasteiger charge is 2.18. The molecule has 1 heterocycles. The molecule has 0 fully saturated rings. The smallest absolute Gasteiger partial charge is 0.161 e. The Morgan fingerprint density at radius 1 is 1.05 bits per heavy atom. The Labute approximate surface area is 123 Å². The predicted octanol–water partition coefficient (Wildman–Crippen LogP) is 3.30. The van der Waals surface area contributed by atoms with Crippen LogP contribution in [0.4, 0.5) is 4.39 Å². The second-order valence-electron chi connectivity index (χ2n) is 4.95. The molecule has 2 aromatic rings. The van der Waals surface area contributed by atoms with Gasteiger partial charge in [-0.1, -0.05) is 25.1 Å². The number of benzene rings is 2. The Kier molecular flexibility index (Phi) is 4.06. The van der Waals surface area contributed by atoms with Gasteiger partial charge in [-0.25, -0.2) is 4.39 Å². The van der Waals surface area contributed by atoms with E-state index in [1.807, 2.05) is 31.2 Å². The summed E-state index contributed by atoms with van der Waals surface area (Å²) in [7, 11) is 0. The standard InChI is InChI=1S/C17H18FNO2/c1-2-19-17(12-4-3-5-14(18)10-12)13-6-7-15-16(11-13)21-9-8-20-15/h3-7,10-11,17,19H,2,8-9H2,1H3. The summed E-state index contributed by atoms with van der Waals surface area (Å²) >= 11 is 0. The van der Waals surface area contributed by atoms with E-state index in [9.17, 15) is 4.39 Å². The van der Waals surface area contributed by atoms with Gasteiger partial charge in [0.15, 0.2) is 11.5 Å². The number of halogens is 1. The predicted molar refractivity (Wildman–Crippen MR) is 79.4 cm³/mol. The lowest BCUT2D eigenvalue weighted by atomic mass is 9.98. The molecule has 0 bridgehead atoms. The SMILES string of the molecule is CCNC(c1cccc(F)c1)c1ccc2c(c1)OCCO2. The third-order valence-corrected chi connectivity index (χ3v) is 3.49. The van der Waals surface area contributed by atoms with Crippen LogP contribution < -0.4 is 14.8 Å². The van der Waals surface area contributed by atoms with Gasteiger partial charge in [-0.05, 0) is 41.9 Å². The Hall–Kier alpha value is -2.07. The first kappa shape index (κ1) is 13.9. The molecule has 1 aliphatic rings. The topological polar surface area (TPSA) is 30.5 Å². The van der Waals surface area contributed by atoms with E-state index < -0.39 is 0 Å². The zero-order valence-electron chi connectivity index (χ0n) is 11.9. The van der Waals surface area contributed by atoms with Crippen LogP contribution in [-0.2, 0) is 0 Å². The van der Waals surface area contributed by atoms with Crippen molar-refractivity contribution in [2.24, 2.45) is 0 Å². The first-order valence-corrected chi connectivity index (χ1v) is 7.16. The summed E-state index contributed by atoms with van der Waals surface area (Å²) < 4.78 is 24.6. The van der Waals surface area contributed by atoms with E-state index in [4.69, 9.17) is 9.47 Å². The van der Waals surface area contributed by atoms with E-state index in [2.05, 4.69) is 5.32 Å². The maximum absolute atomic E-state index is 13.5. The number of hydrogen-bond acceptors (Lipinski definition) is 3. The molecule has 110 valence electrons. The fourth-order valence-electron chi connectivity index (χ4n) is 2.56. The molecule has 4 heteroatoms. The lowest BCUT2D eigenvalue weighted by molar-refractivity contribution is 0.171. The van der Waals surface area contributed by atoms with Crippen molar-refractivity contribution < 1.29 is 13.9 Å². The number of rotatable bonds is 4. The lowest BCUT2D eigenvalue weighted by Gasteiger charge is -2.23. The summed E-state index contributed by atoms with van der Waals surface area (Å²) in [5.74, 6) is 1.28. The van der Waals surface area contributed by atoms with Gasteiger partial charge in [0, 0.05) is 0 Å². The zero-order valence-corrected chi connectivity index (χ0v) is 11.9. The third-order valence-electron chi connectivity index (χ3n) is 3.49. The summed E-state index contributed by atoms with van der Waals surface area (Å²) in [6, 6.07) is 12.5. The first-order chi connectivity index (χ1) is 10.3. The van der Waals surface area contributed by atoms with Crippen molar-refractivity contribution in [2.45, 2.75) is 13.0 Å². The number of ether oxygens (including phenoxy) is 2. The molecule has 3 nitrogen and oxygen atoms in total. The fraction of sp³-hybridized carbons (Fsp3) is 0.294. The summed E-state index contributed by atoms with van der Waals surface area (Å²) in [5.41, 5.74) is 1.93. The second-order valence-corrected chi connectivity index (χ2v) is 4.95. The van der Waals surface area contributed by atoms with Crippen molar-refractivity contribution in [3.63, 3.8) is 0 Å². The third kappa shape index (κ3) is 3.00. The summed E-state index contributed by atoms with van der Waals surface area (Å²) in [4.78, 5) is 0. The van der Waals surface area contributed by atoms with Crippen LogP contribution >= 0.6 is 0 Å². The minimum absolute atomic E-state index is 0.0680. The first-order valence-electron chi connectivity index (χ1n) is 7.16. The molecular formula is C17H18FNO2. The van der Waals surface area contributed by atoms with Gasteiger partial charge in [-0.15, -0.1) is 0 Å². The van der Waals surface area contributed by atoms with E-state index in [-0.39, 0.29) is 11.9 Å². The van der Waals surface area contributed by atoms with E-state index in [0.29, 0.717) is 13.2 Å². The lowest BCUT2D eigenvalue weighted by Crippen LogP contribution is -2.22. The van der Waals surface area contributed by atoms with Gasteiger partial charge in [0.2, 0.25) is 0 Å². The normalized spacial score (nSPS) is 14.8. The van der Waals surface area contributed by atoms with Gasteiger partial charge in [0.25, 0.3) is 0 Å². The molecule has 0 saturated carbocycles. The number of fused-ring (bicyclic) bond motifs is 1. The van der Waals surface area contributed by atoms with Crippen molar-refractivity contribution in [2.75, 3.05) is 19.8 Å². The maximum Gasteiger partial charge on any atom is 0.161 e. The second kappa shape index (κ2) is 6.14. The Bertz CT molecular complexity index is 630. The molecule has 1 N–H and O–H groups in total. The maximum atomic E-state index is 13.5. The molecule has 1 unspecified atom stereocenters. The quantitative estimate of drug-likeness (QED) is 0.936. The molecule has 0 aliphatic carbocycles. The highest BCUT2D eigenvalue weighted by molar-refractivity contribution is 5.46. The molecule has 1 aliphatic heterocycles. The van der Waals surface area contributed by atoms with Crippen LogP contribution in [0.15, 0.2) is 42.5 Å². The number of nitrogens with one attached hydrogen (secondary N) is 1. The van der Waals surface area contributed by atoms with Crippen molar-refractivity contribution in [1.29, 1.82) is 0 Å². The zero-order chi connectivity index (χ0) is 14.7. The summed E-state index contributed by atoms with van der Waals surface area (Å²) in [5, 5.41) is 3.39. The molecule has 1 atom stereocenters. The van der Waals surface area contributed by atoms with Crippen molar-refractivity contribution in [1.82, 2.24) is 5.32 Å². The average molecular weight is 287 g/mol. The Morgan fingerprint density at radius 3 is 2.57 bits per heavy atom. The van der Waals surface area contributed by atoms with Gasteiger partial charge in [-0.2, -0.15) is 0 Å². The molecule has 0 saturated heterocycles. The van der Waals surface area contributed by atoms with E-state index in [0.717, 1.165) is 29.2 Å². The van der Waals surface area contributed by atoms with Crippen LogP contribution in [0.3, 0.4) is 0 Å². The summed E-state index contributed by atoms with van der Waals surface area (Å²) in [6.07, 6.45) is 0. The molecule has 2 aromatic carbocycles. The largest absolute Gasteiger partial charge is 0.486 e. The van der Waals surface area contributed by atoms with Crippen molar-refractivity contribution in [3.8, 4) is 11.5 Å². The molecule has 0 amide bonds. The van der Waals surface area contributed by atoms with Gasteiger partial charge in [0.05, 0.1) is 6.04 Å². The van der Waals surface area contributed by atoms with Crippen LogP contribution in [0.1, 0.15) is 24.1 Å². The molecule has 0 spiro atoms. The van der Waals surface area contributed by atoms with Crippen LogP contribution in [0.2, 0.25) is 0 Å². The molecule has 0 aromatic heterocycles. The highest BCUT2D eigenvalue weighted by Crippen LogP contribution is 2.34. The van der Waals surface area contributed by atoms with Crippen LogP contribution in [0, 0.1) is 5.82 Å². The minimum Gasteiger partial charge on any atom is -0.486 e. The molecule has 0 radical (unpaired) electrons. The van der Waals surface area contributed by atoms with Gasteiger partial charge in [-0.3, -0.25) is 0 Å². The van der Waals surface area contributed by atoms with E-state index in [1.54, 1.807) is 12.1 Å². The average Bonchev–Trinajstić information content (AvgIpc) is 2.52.